The van der Waals surface area contributed by atoms with Crippen molar-refractivity contribution in [3.8, 4) is 0 Å². The first-order valence-electron chi connectivity index (χ1n) is 8.01. The summed E-state index contributed by atoms with van der Waals surface area (Å²) in [6.07, 6.45) is -0.00924. The number of rotatable bonds is 5. The molecule has 1 aliphatic carbocycles. The summed E-state index contributed by atoms with van der Waals surface area (Å²) >= 11 is 0. The molecule has 2 rings (SSSR count). The monoisotopic (exact) mass is 402 g/mol. The second-order valence-electron chi connectivity index (χ2n) is 5.95. The summed E-state index contributed by atoms with van der Waals surface area (Å²) in [7, 11) is -3.75. The fourth-order valence-electron chi connectivity index (χ4n) is 2.62. The van der Waals surface area contributed by atoms with Crippen molar-refractivity contribution in [3.63, 3.8) is 0 Å². The molecule has 1 fully saturated rings. The normalized spacial score (nSPS) is 15.8. The van der Waals surface area contributed by atoms with Crippen LogP contribution in [0.5, 0.6) is 0 Å². The van der Waals surface area contributed by atoms with Gasteiger partial charge in [0.2, 0.25) is 15.9 Å². The van der Waals surface area contributed by atoms with Gasteiger partial charge in [0.05, 0.1) is 17.0 Å². The van der Waals surface area contributed by atoms with Crippen molar-refractivity contribution in [1.82, 2.24) is 4.98 Å². The van der Waals surface area contributed by atoms with Crippen LogP contribution in [0.4, 0.5) is 24.7 Å². The van der Waals surface area contributed by atoms with Gasteiger partial charge in [-0.15, -0.1) is 0 Å². The van der Waals surface area contributed by atoms with Crippen LogP contribution < -0.4 is 39.6 Å². The zero-order valence-corrected chi connectivity index (χ0v) is 17.5. The standard InChI is InChI=1S/C15H20F3N3O3S.Na/c1-2-25(23,24)21-13-12(8-11(9-19-13)15(16,17)18)20-14(22)10-6-4-3-5-7-10;/h8-10H,2-7H2,1H3,(H,19,21)(H,20,22);/q;+1. The molecule has 0 saturated heterocycles. The number of hydrogen-bond acceptors (Lipinski definition) is 4. The Morgan fingerprint density at radius 2 is 1.88 bits per heavy atom. The second-order valence-corrected chi connectivity index (χ2v) is 7.96. The molecule has 26 heavy (non-hydrogen) atoms. The molecule has 1 aromatic rings. The van der Waals surface area contributed by atoms with E-state index in [1.807, 2.05) is 0 Å². The third kappa shape index (κ3) is 6.40. The Hall–Kier alpha value is -0.840. The van der Waals surface area contributed by atoms with Gasteiger partial charge in [0.1, 0.15) is 0 Å². The maximum absolute atomic E-state index is 12.9. The largest absolute Gasteiger partial charge is 1.00 e. The molecule has 0 radical (unpaired) electrons. The van der Waals surface area contributed by atoms with Gasteiger partial charge in [0.15, 0.2) is 5.82 Å². The van der Waals surface area contributed by atoms with Gasteiger partial charge in [-0.25, -0.2) is 13.4 Å². The molecule has 1 saturated carbocycles. The molecular formula is C15H20F3N3NaO3S+. The van der Waals surface area contributed by atoms with E-state index in [0.717, 1.165) is 19.3 Å². The minimum absolute atomic E-state index is 0. The van der Waals surface area contributed by atoms with E-state index in [1.54, 1.807) is 0 Å². The van der Waals surface area contributed by atoms with Crippen molar-refractivity contribution in [2.75, 3.05) is 15.8 Å². The van der Waals surface area contributed by atoms with Crippen LogP contribution in [-0.2, 0) is 21.0 Å². The first kappa shape index (κ1) is 23.2. The van der Waals surface area contributed by atoms with E-state index >= 15 is 0 Å². The predicted octanol–water partition coefficient (Wildman–Crippen LogP) is 0.385. The van der Waals surface area contributed by atoms with Gasteiger partial charge in [-0.05, 0) is 25.8 Å². The fraction of sp³-hybridized carbons (Fsp3) is 0.600. The number of aromatic nitrogens is 1. The van der Waals surface area contributed by atoms with E-state index < -0.39 is 27.7 Å². The summed E-state index contributed by atoms with van der Waals surface area (Å²) in [4.78, 5) is 15.9. The number of hydrogen-bond donors (Lipinski definition) is 2. The Morgan fingerprint density at radius 1 is 1.27 bits per heavy atom. The summed E-state index contributed by atoms with van der Waals surface area (Å²) in [5.74, 6) is -1.30. The van der Waals surface area contributed by atoms with Crippen LogP contribution >= 0.6 is 0 Å². The predicted molar refractivity (Wildman–Crippen MR) is 87.5 cm³/mol. The quantitative estimate of drug-likeness (QED) is 0.698. The zero-order valence-electron chi connectivity index (χ0n) is 14.7. The maximum Gasteiger partial charge on any atom is 1.00 e. The molecule has 1 heterocycles. The number of sulfonamides is 1. The summed E-state index contributed by atoms with van der Waals surface area (Å²) in [5, 5.41) is 2.41. The van der Waals surface area contributed by atoms with Gasteiger partial charge in [0.25, 0.3) is 0 Å². The van der Waals surface area contributed by atoms with Crippen molar-refractivity contribution >= 4 is 27.4 Å². The molecule has 6 nitrogen and oxygen atoms in total. The maximum atomic E-state index is 12.9. The second kappa shape index (κ2) is 9.38. The van der Waals surface area contributed by atoms with Gasteiger partial charge in [-0.2, -0.15) is 13.2 Å². The molecular weight excluding hydrogens is 382 g/mol. The number of nitrogens with zero attached hydrogens (tertiary/aromatic N) is 1. The van der Waals surface area contributed by atoms with Gasteiger partial charge < -0.3 is 5.32 Å². The number of amides is 1. The molecule has 0 unspecified atom stereocenters. The van der Waals surface area contributed by atoms with Crippen molar-refractivity contribution in [2.24, 2.45) is 5.92 Å². The number of carbonyl (C=O) groups is 1. The van der Waals surface area contributed by atoms with Crippen LogP contribution in [0.1, 0.15) is 44.6 Å². The minimum Gasteiger partial charge on any atom is -0.323 e. The van der Waals surface area contributed by atoms with Crippen molar-refractivity contribution in [2.45, 2.75) is 45.2 Å². The molecule has 0 aromatic carbocycles. The first-order chi connectivity index (χ1) is 11.6. The number of alkyl halides is 3. The van der Waals surface area contributed by atoms with Crippen molar-refractivity contribution in [1.29, 1.82) is 0 Å². The molecule has 1 amide bonds. The van der Waals surface area contributed by atoms with Crippen LogP contribution in [0.25, 0.3) is 0 Å². The third-order valence-corrected chi connectivity index (χ3v) is 5.35. The van der Waals surface area contributed by atoms with Crippen LogP contribution in [0.3, 0.4) is 0 Å². The number of halogens is 3. The molecule has 0 aliphatic heterocycles. The average Bonchev–Trinajstić information content (AvgIpc) is 2.56. The average molecular weight is 402 g/mol. The van der Waals surface area contributed by atoms with E-state index in [-0.39, 0.29) is 52.7 Å². The zero-order chi connectivity index (χ0) is 18.7. The van der Waals surface area contributed by atoms with Crippen LogP contribution in [0.2, 0.25) is 0 Å². The molecule has 140 valence electrons. The number of anilines is 2. The Labute approximate surface area is 172 Å². The number of nitrogens with one attached hydrogen (secondary N) is 2. The Bertz CT molecular complexity index is 735. The van der Waals surface area contributed by atoms with E-state index in [0.29, 0.717) is 25.1 Å². The summed E-state index contributed by atoms with van der Waals surface area (Å²) in [6, 6.07) is 0.696. The molecule has 1 aliphatic rings. The molecule has 11 heteroatoms. The minimum atomic E-state index is -4.65. The number of pyridine rings is 1. The summed E-state index contributed by atoms with van der Waals surface area (Å²) in [6.45, 7) is 1.38. The van der Waals surface area contributed by atoms with Crippen molar-refractivity contribution in [3.05, 3.63) is 17.8 Å². The molecule has 1 aromatic heterocycles. The van der Waals surface area contributed by atoms with Gasteiger partial charge in [-0.1, -0.05) is 19.3 Å². The number of carbonyl (C=O) groups excluding carboxylic acids is 1. The third-order valence-electron chi connectivity index (χ3n) is 4.08. The van der Waals surface area contributed by atoms with E-state index in [1.165, 1.54) is 6.92 Å². The Balaban J connectivity index is 0.00000338. The van der Waals surface area contributed by atoms with Crippen LogP contribution in [0, 0.1) is 5.92 Å². The fourth-order valence-corrected chi connectivity index (χ4v) is 3.22. The van der Waals surface area contributed by atoms with E-state index in [2.05, 4.69) is 15.0 Å². The molecule has 2 N–H and O–H groups in total. The van der Waals surface area contributed by atoms with Gasteiger partial charge >= 0.3 is 35.7 Å². The summed E-state index contributed by atoms with van der Waals surface area (Å²) < 4.78 is 64.2. The van der Waals surface area contributed by atoms with Gasteiger partial charge in [0, 0.05) is 12.1 Å². The molecule has 0 bridgehead atoms. The smallest absolute Gasteiger partial charge is 0.323 e. The van der Waals surface area contributed by atoms with Crippen molar-refractivity contribution < 1.29 is 55.9 Å². The molecule has 0 spiro atoms. The first-order valence-corrected chi connectivity index (χ1v) is 9.66. The van der Waals surface area contributed by atoms with E-state index in [4.69, 9.17) is 0 Å². The Morgan fingerprint density at radius 3 is 2.42 bits per heavy atom. The van der Waals surface area contributed by atoms with Crippen LogP contribution in [-0.4, -0.2) is 25.1 Å². The Kier molecular flexibility index (Phi) is 8.37. The summed E-state index contributed by atoms with van der Waals surface area (Å²) in [5.41, 5.74) is -1.35. The SMILES string of the molecule is CCS(=O)(=O)Nc1ncc(C(F)(F)F)cc1NC(=O)C1CCCCC1.[Na+]. The van der Waals surface area contributed by atoms with Crippen LogP contribution in [0.15, 0.2) is 12.3 Å². The van der Waals surface area contributed by atoms with Gasteiger partial charge in [-0.3, -0.25) is 9.52 Å². The van der Waals surface area contributed by atoms with E-state index in [9.17, 15) is 26.4 Å². The molecule has 0 atom stereocenters. The topological polar surface area (TPSA) is 88.2 Å².